The zero-order chi connectivity index (χ0) is 19.4. The van der Waals surface area contributed by atoms with E-state index >= 15 is 0 Å². The van der Waals surface area contributed by atoms with E-state index < -0.39 is 17.2 Å². The maximum Gasteiger partial charge on any atom is 0.355 e. The summed E-state index contributed by atoms with van der Waals surface area (Å²) in [6.07, 6.45) is -0.555. The molecule has 2 rings (SSSR count). The van der Waals surface area contributed by atoms with Crippen molar-refractivity contribution in [1.29, 1.82) is 0 Å². The molecule has 0 aliphatic rings. The molecule has 0 saturated heterocycles. The van der Waals surface area contributed by atoms with E-state index in [0.29, 0.717) is 10.2 Å². The van der Waals surface area contributed by atoms with E-state index in [2.05, 4.69) is 15.9 Å². The van der Waals surface area contributed by atoms with Crippen LogP contribution in [0.5, 0.6) is 0 Å². The minimum atomic E-state index is -0.555. The van der Waals surface area contributed by atoms with Gasteiger partial charge in [-0.25, -0.2) is 4.79 Å². The first-order valence-corrected chi connectivity index (χ1v) is 8.42. The maximum atomic E-state index is 12.3. The van der Waals surface area contributed by atoms with E-state index in [9.17, 15) is 14.9 Å². The number of aromatic nitrogens is 1. The summed E-state index contributed by atoms with van der Waals surface area (Å²) in [5, 5.41) is 10.9. The van der Waals surface area contributed by atoms with Gasteiger partial charge in [0, 0.05) is 37.6 Å². The number of non-ortho nitro benzene ring substituents is 1. The number of halogens is 1. The molecule has 8 nitrogen and oxygen atoms in total. The molecule has 0 bridgehead atoms. The van der Waals surface area contributed by atoms with Gasteiger partial charge in [0.15, 0.2) is 6.29 Å². The standard InChI is InChI=1S/C17H19BrN2O6/c1-10-14(11-5-7-12(8-6-11)20(22)23)15(18)16(17(21)26-4)19(10)9-13(24-2)25-3/h5-8,13H,9H2,1-4H3. The molecule has 0 aliphatic heterocycles. The Morgan fingerprint density at radius 1 is 1.23 bits per heavy atom. The molecular formula is C17H19BrN2O6. The predicted molar refractivity (Wildman–Crippen MR) is 98.1 cm³/mol. The zero-order valence-corrected chi connectivity index (χ0v) is 16.4. The number of rotatable bonds is 7. The van der Waals surface area contributed by atoms with Crippen molar-refractivity contribution in [2.24, 2.45) is 0 Å². The van der Waals surface area contributed by atoms with Crippen molar-refractivity contribution in [3.63, 3.8) is 0 Å². The second kappa shape index (κ2) is 8.43. The Morgan fingerprint density at radius 3 is 2.27 bits per heavy atom. The van der Waals surface area contributed by atoms with Gasteiger partial charge in [-0.3, -0.25) is 10.1 Å². The fourth-order valence-corrected chi connectivity index (χ4v) is 3.59. The maximum absolute atomic E-state index is 12.3. The average molecular weight is 427 g/mol. The van der Waals surface area contributed by atoms with Gasteiger partial charge in [0.05, 0.1) is 23.1 Å². The van der Waals surface area contributed by atoms with Crippen LogP contribution in [0.25, 0.3) is 11.1 Å². The second-order valence-corrected chi connectivity index (χ2v) is 6.22. The molecule has 0 spiro atoms. The van der Waals surface area contributed by atoms with Crippen LogP contribution < -0.4 is 0 Å². The lowest BCUT2D eigenvalue weighted by Crippen LogP contribution is -2.24. The molecule has 0 saturated carbocycles. The summed E-state index contributed by atoms with van der Waals surface area (Å²) in [7, 11) is 4.32. The minimum Gasteiger partial charge on any atom is -0.464 e. The van der Waals surface area contributed by atoms with Crippen molar-refractivity contribution in [3.8, 4) is 11.1 Å². The van der Waals surface area contributed by atoms with Crippen LogP contribution in [0.3, 0.4) is 0 Å². The second-order valence-electron chi connectivity index (χ2n) is 5.43. The van der Waals surface area contributed by atoms with Crippen molar-refractivity contribution < 1.29 is 23.9 Å². The lowest BCUT2D eigenvalue weighted by molar-refractivity contribution is -0.384. The lowest BCUT2D eigenvalue weighted by atomic mass is 10.1. The molecular weight excluding hydrogens is 408 g/mol. The summed E-state index contributed by atoms with van der Waals surface area (Å²) in [6.45, 7) is 2.12. The van der Waals surface area contributed by atoms with Gasteiger partial charge in [0.25, 0.3) is 5.69 Å². The minimum absolute atomic E-state index is 0.00557. The normalized spacial score (nSPS) is 11.0. The fraction of sp³-hybridized carbons (Fsp3) is 0.353. The SMILES string of the molecule is COC(=O)c1c(Br)c(-c2ccc([N+](=O)[O-])cc2)c(C)n1CC(OC)OC. The molecule has 9 heteroatoms. The van der Waals surface area contributed by atoms with Gasteiger partial charge >= 0.3 is 5.97 Å². The number of carbonyl (C=O) groups is 1. The highest BCUT2D eigenvalue weighted by Crippen LogP contribution is 2.38. The summed E-state index contributed by atoms with van der Waals surface area (Å²) in [6, 6.07) is 6.12. The average Bonchev–Trinajstić information content (AvgIpc) is 2.88. The number of methoxy groups -OCH3 is 3. The number of carbonyl (C=O) groups excluding carboxylic acids is 1. The fourth-order valence-electron chi connectivity index (χ4n) is 2.70. The predicted octanol–water partition coefficient (Wildman–Crippen LogP) is 3.54. The number of hydrogen-bond acceptors (Lipinski definition) is 6. The van der Waals surface area contributed by atoms with Crippen LogP contribution >= 0.6 is 15.9 Å². The molecule has 0 aliphatic carbocycles. The summed E-state index contributed by atoms with van der Waals surface area (Å²) in [5.41, 5.74) is 2.55. The van der Waals surface area contributed by atoms with Crippen molar-refractivity contribution in [2.75, 3.05) is 21.3 Å². The molecule has 0 amide bonds. The van der Waals surface area contributed by atoms with E-state index in [4.69, 9.17) is 14.2 Å². The highest BCUT2D eigenvalue weighted by molar-refractivity contribution is 9.10. The number of benzene rings is 1. The number of nitro groups is 1. The third-order valence-electron chi connectivity index (χ3n) is 4.07. The van der Waals surface area contributed by atoms with Gasteiger partial charge in [-0.1, -0.05) is 0 Å². The third-order valence-corrected chi connectivity index (χ3v) is 4.84. The molecule has 0 fully saturated rings. The van der Waals surface area contributed by atoms with Crippen molar-refractivity contribution in [2.45, 2.75) is 19.8 Å². The topological polar surface area (TPSA) is 92.8 Å². The summed E-state index contributed by atoms with van der Waals surface area (Å²) in [4.78, 5) is 22.7. The van der Waals surface area contributed by atoms with Crippen LogP contribution in [0.4, 0.5) is 5.69 Å². The number of nitro benzene ring substituents is 1. The molecule has 2 aromatic rings. The summed E-state index contributed by atoms with van der Waals surface area (Å²) >= 11 is 3.48. The molecule has 1 heterocycles. The van der Waals surface area contributed by atoms with Gasteiger partial charge in [-0.15, -0.1) is 0 Å². The van der Waals surface area contributed by atoms with Crippen LogP contribution in [0.15, 0.2) is 28.7 Å². The van der Waals surface area contributed by atoms with Gasteiger partial charge < -0.3 is 18.8 Å². The van der Waals surface area contributed by atoms with E-state index in [1.807, 2.05) is 6.92 Å². The van der Waals surface area contributed by atoms with Gasteiger partial charge in [-0.05, 0) is 40.5 Å². The Labute approximate surface area is 158 Å². The van der Waals surface area contributed by atoms with Crippen LogP contribution in [0.1, 0.15) is 16.2 Å². The molecule has 26 heavy (non-hydrogen) atoms. The molecule has 0 N–H and O–H groups in total. The molecule has 140 valence electrons. The zero-order valence-electron chi connectivity index (χ0n) is 14.8. The van der Waals surface area contributed by atoms with Crippen molar-refractivity contribution in [3.05, 3.63) is 50.2 Å². The van der Waals surface area contributed by atoms with Gasteiger partial charge in [0.2, 0.25) is 0 Å². The molecule has 0 atom stereocenters. The quantitative estimate of drug-likeness (QED) is 0.291. The monoisotopic (exact) mass is 426 g/mol. The first-order valence-electron chi connectivity index (χ1n) is 7.63. The first kappa shape index (κ1) is 20.1. The summed E-state index contributed by atoms with van der Waals surface area (Å²) in [5.74, 6) is -0.515. The summed E-state index contributed by atoms with van der Waals surface area (Å²) < 4.78 is 17.7. The third kappa shape index (κ3) is 3.79. The van der Waals surface area contributed by atoms with Gasteiger partial charge in [-0.2, -0.15) is 0 Å². The molecule has 1 aromatic carbocycles. The highest BCUT2D eigenvalue weighted by atomic mass is 79.9. The Kier molecular flexibility index (Phi) is 6.52. The van der Waals surface area contributed by atoms with Crippen molar-refractivity contribution in [1.82, 2.24) is 4.57 Å². The van der Waals surface area contributed by atoms with Gasteiger partial charge in [0.1, 0.15) is 5.69 Å². The number of hydrogen-bond donors (Lipinski definition) is 0. The number of nitrogens with zero attached hydrogens (tertiary/aromatic N) is 2. The highest BCUT2D eigenvalue weighted by Gasteiger charge is 2.27. The number of ether oxygens (including phenoxy) is 3. The molecule has 1 aromatic heterocycles. The Hall–Kier alpha value is -2.23. The molecule has 0 radical (unpaired) electrons. The van der Waals surface area contributed by atoms with E-state index in [0.717, 1.165) is 16.8 Å². The van der Waals surface area contributed by atoms with Crippen LogP contribution in [-0.2, 0) is 20.8 Å². The van der Waals surface area contributed by atoms with E-state index in [1.54, 1.807) is 16.7 Å². The van der Waals surface area contributed by atoms with E-state index in [-0.39, 0.29) is 12.2 Å². The largest absolute Gasteiger partial charge is 0.464 e. The van der Waals surface area contributed by atoms with Crippen LogP contribution in [0.2, 0.25) is 0 Å². The lowest BCUT2D eigenvalue weighted by Gasteiger charge is -2.17. The number of esters is 1. The first-order chi connectivity index (χ1) is 12.3. The van der Waals surface area contributed by atoms with Crippen LogP contribution in [0, 0.1) is 17.0 Å². The van der Waals surface area contributed by atoms with Crippen LogP contribution in [-0.4, -0.2) is 43.1 Å². The van der Waals surface area contributed by atoms with Crippen molar-refractivity contribution >= 4 is 27.6 Å². The van der Waals surface area contributed by atoms with E-state index in [1.165, 1.54) is 33.5 Å². The Bertz CT molecular complexity index is 812. The Balaban J connectivity index is 2.61. The smallest absolute Gasteiger partial charge is 0.355 e. The Morgan fingerprint density at radius 2 is 1.81 bits per heavy atom. The molecule has 0 unspecified atom stereocenters.